The Kier molecular flexibility index (Phi) is 8.72. The van der Waals surface area contributed by atoms with Crippen LogP contribution in [-0.4, -0.2) is 43.4 Å². The number of nitrogens with one attached hydrogen (secondary N) is 2. The van der Waals surface area contributed by atoms with Crippen LogP contribution in [0.2, 0.25) is 0 Å². The first-order chi connectivity index (χ1) is 19.3. The maximum Gasteiger partial charge on any atom is 0.419 e. The Hall–Kier alpha value is -4.32. The Morgan fingerprint density at radius 2 is 1.85 bits per heavy atom. The summed E-state index contributed by atoms with van der Waals surface area (Å²) in [5, 5.41) is 20.1. The molecule has 0 saturated carbocycles. The maximum atomic E-state index is 13.6. The van der Waals surface area contributed by atoms with E-state index in [0.717, 1.165) is 22.8 Å². The van der Waals surface area contributed by atoms with Gasteiger partial charge in [0.25, 0.3) is 5.91 Å². The van der Waals surface area contributed by atoms with Crippen LogP contribution in [0.25, 0.3) is 11.1 Å². The molecule has 0 spiro atoms. The lowest BCUT2D eigenvalue weighted by Gasteiger charge is -2.17. The molecular weight excluding hydrogens is 542 g/mol. The number of halogens is 4. The van der Waals surface area contributed by atoms with Gasteiger partial charge in [0.2, 0.25) is 5.82 Å². The van der Waals surface area contributed by atoms with Gasteiger partial charge in [-0.2, -0.15) is 13.2 Å². The molecule has 0 aliphatic heterocycles. The number of carbonyl (C=O) groups excluding carboxylic acids is 1. The molecular formula is C29H29F4N5O3. The highest BCUT2D eigenvalue weighted by atomic mass is 19.4. The summed E-state index contributed by atoms with van der Waals surface area (Å²) in [5.74, 6) is -1.14. The van der Waals surface area contributed by atoms with Crippen LogP contribution in [-0.2, 0) is 12.6 Å². The number of anilines is 1. The zero-order valence-corrected chi connectivity index (χ0v) is 22.6. The second-order valence-electron chi connectivity index (χ2n) is 10.2. The molecule has 0 bridgehead atoms. The van der Waals surface area contributed by atoms with Gasteiger partial charge >= 0.3 is 6.18 Å². The van der Waals surface area contributed by atoms with E-state index in [0.29, 0.717) is 31.3 Å². The molecule has 0 unspecified atom stereocenters. The number of aromatic amines is 1. The number of ether oxygens (including phenoxy) is 1. The number of hydrogen-bond donors (Lipinski definition) is 3. The summed E-state index contributed by atoms with van der Waals surface area (Å²) < 4.78 is 58.5. The molecule has 0 radical (unpaired) electrons. The Labute approximate surface area is 233 Å². The van der Waals surface area contributed by atoms with Crippen LogP contribution in [0.4, 0.5) is 23.4 Å². The van der Waals surface area contributed by atoms with E-state index in [2.05, 4.69) is 25.5 Å². The fourth-order valence-corrected chi connectivity index (χ4v) is 4.11. The van der Waals surface area contributed by atoms with Crippen molar-refractivity contribution in [2.45, 2.75) is 51.8 Å². The Balaban J connectivity index is 1.43. The van der Waals surface area contributed by atoms with Crippen molar-refractivity contribution in [3.05, 3.63) is 88.9 Å². The normalized spacial score (nSPS) is 11.9. The number of aryl methyl sites for hydroxylation is 1. The van der Waals surface area contributed by atoms with Gasteiger partial charge in [-0.15, -0.1) is 10.2 Å². The number of H-pyrrole nitrogens is 1. The van der Waals surface area contributed by atoms with Crippen molar-refractivity contribution in [1.29, 1.82) is 0 Å². The van der Waals surface area contributed by atoms with E-state index in [1.54, 1.807) is 32.2 Å². The smallest absolute Gasteiger partial charge is 0.419 e. The summed E-state index contributed by atoms with van der Waals surface area (Å²) in [6, 6.07) is 11.8. The minimum Gasteiger partial charge on any atom is -0.494 e. The van der Waals surface area contributed by atoms with Gasteiger partial charge in [0.1, 0.15) is 23.2 Å². The Bertz CT molecular complexity index is 1530. The lowest BCUT2D eigenvalue weighted by atomic mass is 10.0. The minimum absolute atomic E-state index is 0.118. The molecule has 1 amide bonds. The summed E-state index contributed by atoms with van der Waals surface area (Å²) in [6.45, 7) is 5.90. The maximum absolute atomic E-state index is 13.6. The van der Waals surface area contributed by atoms with Gasteiger partial charge in [0, 0.05) is 12.6 Å². The fourth-order valence-electron chi connectivity index (χ4n) is 4.11. The first-order valence-corrected chi connectivity index (χ1v) is 12.8. The van der Waals surface area contributed by atoms with E-state index >= 15 is 0 Å². The molecule has 4 aromatic rings. The SMILES string of the molecule is Cc1ccc(OCCCC(C)(C)O)cc1-c1ccnc(NC(=O)c2nnc(Cc3ccc(F)c(C(F)(F)F)c3)[nH]2)c1. The van der Waals surface area contributed by atoms with Crippen molar-refractivity contribution in [3.8, 4) is 16.9 Å². The minimum atomic E-state index is -4.83. The predicted octanol–water partition coefficient (Wildman–Crippen LogP) is 6.11. The number of alkyl halides is 3. The van der Waals surface area contributed by atoms with Gasteiger partial charge in [0.15, 0.2) is 0 Å². The fraction of sp³-hybridized carbons (Fsp3) is 0.310. The molecule has 3 N–H and O–H groups in total. The molecule has 0 saturated heterocycles. The average Bonchev–Trinajstić information content (AvgIpc) is 3.36. The van der Waals surface area contributed by atoms with Crippen molar-refractivity contribution in [2.24, 2.45) is 0 Å². The average molecular weight is 572 g/mol. The molecule has 8 nitrogen and oxygen atoms in total. The van der Waals surface area contributed by atoms with Gasteiger partial charge in [-0.25, -0.2) is 9.37 Å². The molecule has 0 fully saturated rings. The van der Waals surface area contributed by atoms with Crippen molar-refractivity contribution < 1.29 is 32.2 Å². The van der Waals surface area contributed by atoms with E-state index in [4.69, 9.17) is 4.74 Å². The number of rotatable bonds is 10. The highest BCUT2D eigenvalue weighted by Gasteiger charge is 2.34. The summed E-state index contributed by atoms with van der Waals surface area (Å²) in [4.78, 5) is 19.6. The molecule has 0 atom stereocenters. The standard InChI is InChI=1S/C29H29F4N5O3/c1-17-5-7-20(41-12-4-10-28(2,3)40)16-21(17)19-9-11-34-24(15-19)36-27(39)26-35-25(37-38-26)14-18-6-8-23(30)22(13-18)29(31,32)33/h5-9,11,13,15-16,40H,4,10,12,14H2,1-3H3,(H,34,36,39)(H,35,37,38). The lowest BCUT2D eigenvalue weighted by molar-refractivity contribution is -0.140. The number of aromatic nitrogens is 4. The highest BCUT2D eigenvalue weighted by Crippen LogP contribution is 2.32. The number of carbonyl (C=O) groups is 1. The van der Waals surface area contributed by atoms with Crippen LogP contribution in [0.15, 0.2) is 54.7 Å². The van der Waals surface area contributed by atoms with Gasteiger partial charge in [0.05, 0.1) is 17.8 Å². The number of benzene rings is 2. The third-order valence-corrected chi connectivity index (χ3v) is 6.18. The Morgan fingerprint density at radius 1 is 1.07 bits per heavy atom. The third kappa shape index (κ3) is 8.10. The topological polar surface area (TPSA) is 113 Å². The molecule has 2 aromatic heterocycles. The van der Waals surface area contributed by atoms with Crippen LogP contribution < -0.4 is 10.1 Å². The van der Waals surface area contributed by atoms with E-state index in [-0.39, 0.29) is 29.5 Å². The van der Waals surface area contributed by atoms with Crippen molar-refractivity contribution >= 4 is 11.7 Å². The van der Waals surface area contributed by atoms with E-state index < -0.39 is 29.1 Å². The number of amides is 1. The van der Waals surface area contributed by atoms with Crippen molar-refractivity contribution in [3.63, 3.8) is 0 Å². The summed E-state index contributed by atoms with van der Waals surface area (Å²) >= 11 is 0. The molecule has 0 aliphatic rings. The number of aliphatic hydroxyl groups is 1. The molecule has 2 heterocycles. The van der Waals surface area contributed by atoms with Crippen LogP contribution >= 0.6 is 0 Å². The largest absolute Gasteiger partial charge is 0.494 e. The third-order valence-electron chi connectivity index (χ3n) is 6.18. The Morgan fingerprint density at radius 3 is 2.59 bits per heavy atom. The molecule has 41 heavy (non-hydrogen) atoms. The first-order valence-electron chi connectivity index (χ1n) is 12.8. The monoisotopic (exact) mass is 571 g/mol. The predicted molar refractivity (Wildman–Crippen MR) is 144 cm³/mol. The molecule has 4 rings (SSSR count). The second kappa shape index (κ2) is 12.0. The first kappa shape index (κ1) is 29.7. The van der Waals surface area contributed by atoms with Gasteiger partial charge < -0.3 is 20.1 Å². The zero-order chi connectivity index (χ0) is 29.8. The molecule has 12 heteroatoms. The van der Waals surface area contributed by atoms with Gasteiger partial charge in [-0.1, -0.05) is 12.1 Å². The number of hydrogen-bond acceptors (Lipinski definition) is 6. The summed E-state index contributed by atoms with van der Waals surface area (Å²) in [7, 11) is 0. The number of nitrogens with zero attached hydrogens (tertiary/aromatic N) is 3. The summed E-state index contributed by atoms with van der Waals surface area (Å²) in [6.07, 6.45) is -2.11. The highest BCUT2D eigenvalue weighted by molar-refractivity contribution is 6.01. The quantitative estimate of drug-likeness (QED) is 0.157. The molecule has 2 aromatic carbocycles. The van der Waals surface area contributed by atoms with E-state index in [1.165, 1.54) is 6.07 Å². The van der Waals surface area contributed by atoms with Crippen LogP contribution in [0.3, 0.4) is 0 Å². The van der Waals surface area contributed by atoms with E-state index in [9.17, 15) is 27.5 Å². The lowest BCUT2D eigenvalue weighted by Crippen LogP contribution is -2.19. The van der Waals surface area contributed by atoms with Crippen molar-refractivity contribution in [2.75, 3.05) is 11.9 Å². The zero-order valence-electron chi connectivity index (χ0n) is 22.6. The van der Waals surface area contributed by atoms with Crippen LogP contribution in [0, 0.1) is 12.7 Å². The molecule has 0 aliphatic carbocycles. The second-order valence-corrected chi connectivity index (χ2v) is 10.2. The van der Waals surface area contributed by atoms with Crippen molar-refractivity contribution in [1.82, 2.24) is 20.2 Å². The number of pyridine rings is 1. The van der Waals surface area contributed by atoms with E-state index in [1.807, 2.05) is 25.1 Å². The van der Waals surface area contributed by atoms with Crippen LogP contribution in [0.5, 0.6) is 5.75 Å². The summed E-state index contributed by atoms with van der Waals surface area (Å²) in [5.41, 5.74) is 0.654. The van der Waals surface area contributed by atoms with Gasteiger partial charge in [-0.3, -0.25) is 4.79 Å². The van der Waals surface area contributed by atoms with Gasteiger partial charge in [-0.05, 0) is 92.3 Å². The molecule has 216 valence electrons. The van der Waals surface area contributed by atoms with Crippen LogP contribution in [0.1, 0.15) is 59.8 Å².